The monoisotopic (exact) mass is 306 g/mol. The van der Waals surface area contributed by atoms with Gasteiger partial charge in [0.05, 0.1) is 19.1 Å². The average Bonchev–Trinajstić information content (AvgIpc) is 2.35. The second-order valence-corrected chi connectivity index (χ2v) is 4.94. The van der Waals surface area contributed by atoms with Crippen LogP contribution in [-0.4, -0.2) is 36.8 Å². The van der Waals surface area contributed by atoms with E-state index in [9.17, 15) is 13.2 Å². The summed E-state index contributed by atoms with van der Waals surface area (Å²) in [6.07, 6.45) is -4.97. The van der Waals surface area contributed by atoms with Crippen molar-refractivity contribution in [2.75, 3.05) is 20.7 Å². The molecule has 7 heteroatoms. The van der Waals surface area contributed by atoms with Crippen LogP contribution in [0.3, 0.4) is 0 Å². The summed E-state index contributed by atoms with van der Waals surface area (Å²) in [7, 11) is 3.13. The Hall–Kier alpha value is -1.34. The number of nitrogens with zero attached hydrogens (tertiary/aromatic N) is 1. The number of halogens is 3. The first-order chi connectivity index (χ1) is 9.23. The molecule has 0 heterocycles. The molecule has 1 rings (SSSR count). The van der Waals surface area contributed by atoms with E-state index in [1.165, 1.54) is 7.11 Å². The van der Waals surface area contributed by atoms with Gasteiger partial charge in [-0.2, -0.15) is 13.2 Å². The van der Waals surface area contributed by atoms with Gasteiger partial charge in [-0.3, -0.25) is 0 Å². The number of methoxy groups -OCH3 is 1. The molecule has 0 amide bonds. The van der Waals surface area contributed by atoms with Gasteiger partial charge in [-0.15, -0.1) is 0 Å². The lowest BCUT2D eigenvalue weighted by Crippen LogP contribution is -2.24. The van der Waals surface area contributed by atoms with Crippen LogP contribution in [0.25, 0.3) is 0 Å². The molecular formula is C13H17F3N2OS. The van der Waals surface area contributed by atoms with Crippen LogP contribution in [0.15, 0.2) is 18.2 Å². The largest absolute Gasteiger partial charge is 0.496 e. The van der Waals surface area contributed by atoms with Crippen LogP contribution in [0.2, 0.25) is 0 Å². The molecule has 0 spiro atoms. The van der Waals surface area contributed by atoms with Crippen molar-refractivity contribution in [2.45, 2.75) is 19.1 Å². The third-order valence-electron chi connectivity index (χ3n) is 2.76. The molecule has 0 saturated heterocycles. The fraction of sp³-hybridized carbons (Fsp3) is 0.462. The molecule has 0 radical (unpaired) electrons. The molecule has 112 valence electrons. The van der Waals surface area contributed by atoms with Gasteiger partial charge in [0.2, 0.25) is 0 Å². The average molecular weight is 306 g/mol. The van der Waals surface area contributed by atoms with E-state index in [2.05, 4.69) is 0 Å². The first-order valence-electron chi connectivity index (χ1n) is 5.95. The zero-order valence-electron chi connectivity index (χ0n) is 11.3. The smallest absolute Gasteiger partial charge is 0.390 e. The van der Waals surface area contributed by atoms with Crippen molar-refractivity contribution < 1.29 is 17.9 Å². The van der Waals surface area contributed by atoms with E-state index in [-0.39, 0.29) is 11.5 Å². The maximum atomic E-state index is 12.1. The minimum Gasteiger partial charge on any atom is -0.496 e. The first kappa shape index (κ1) is 16.7. The molecule has 0 bridgehead atoms. The fourth-order valence-electron chi connectivity index (χ4n) is 1.75. The summed E-state index contributed by atoms with van der Waals surface area (Å²) in [5.74, 6) is 0.527. The van der Waals surface area contributed by atoms with Gasteiger partial charge in [0.1, 0.15) is 10.7 Å². The van der Waals surface area contributed by atoms with Gasteiger partial charge in [-0.25, -0.2) is 0 Å². The van der Waals surface area contributed by atoms with Crippen molar-refractivity contribution in [3.8, 4) is 5.75 Å². The van der Waals surface area contributed by atoms with E-state index in [1.807, 2.05) is 0 Å². The van der Waals surface area contributed by atoms with Gasteiger partial charge in [0.25, 0.3) is 0 Å². The number of rotatable bonds is 6. The summed E-state index contributed by atoms with van der Waals surface area (Å²) in [5, 5.41) is 0. The number of thiocarbonyl (C=S) groups is 1. The Bertz CT molecular complexity index is 477. The summed E-state index contributed by atoms with van der Waals surface area (Å²) in [5.41, 5.74) is 7.01. The van der Waals surface area contributed by atoms with Crippen LogP contribution in [0.5, 0.6) is 5.75 Å². The van der Waals surface area contributed by atoms with Crippen molar-refractivity contribution in [3.63, 3.8) is 0 Å². The molecule has 0 unspecified atom stereocenters. The molecule has 1 aromatic carbocycles. The molecule has 20 heavy (non-hydrogen) atoms. The molecule has 0 aliphatic carbocycles. The summed E-state index contributed by atoms with van der Waals surface area (Å²) < 4.78 is 41.6. The Balaban J connectivity index is 2.71. The van der Waals surface area contributed by atoms with Gasteiger partial charge in [0.15, 0.2) is 0 Å². The fourth-order valence-corrected chi connectivity index (χ4v) is 1.91. The quantitative estimate of drug-likeness (QED) is 0.820. The van der Waals surface area contributed by atoms with Crippen molar-refractivity contribution in [1.29, 1.82) is 0 Å². The maximum absolute atomic E-state index is 12.1. The first-order valence-corrected chi connectivity index (χ1v) is 6.36. The predicted octanol–water partition coefficient (Wildman–Crippen LogP) is 2.71. The topological polar surface area (TPSA) is 38.5 Å². The summed E-state index contributed by atoms with van der Waals surface area (Å²) in [6.45, 7) is 0.340. The third kappa shape index (κ3) is 5.34. The highest BCUT2D eigenvalue weighted by Crippen LogP contribution is 2.22. The third-order valence-corrected chi connectivity index (χ3v) is 2.98. The number of nitrogens with two attached hydrogens (primary N) is 1. The number of hydrogen-bond donors (Lipinski definition) is 1. The van der Waals surface area contributed by atoms with Crippen LogP contribution in [-0.2, 0) is 6.54 Å². The minimum absolute atomic E-state index is 0.0527. The van der Waals surface area contributed by atoms with Crippen molar-refractivity contribution in [2.24, 2.45) is 5.73 Å². The van der Waals surface area contributed by atoms with E-state index >= 15 is 0 Å². The lowest BCUT2D eigenvalue weighted by atomic mass is 10.1. The van der Waals surface area contributed by atoms with Crippen molar-refractivity contribution in [1.82, 2.24) is 4.90 Å². The molecule has 3 nitrogen and oxygen atoms in total. The molecule has 1 aromatic rings. The van der Waals surface area contributed by atoms with Gasteiger partial charge >= 0.3 is 6.18 Å². The van der Waals surface area contributed by atoms with E-state index in [0.29, 0.717) is 17.9 Å². The Kier molecular flexibility index (Phi) is 5.76. The van der Waals surface area contributed by atoms with Crippen molar-refractivity contribution >= 4 is 17.2 Å². The maximum Gasteiger partial charge on any atom is 0.390 e. The number of hydrogen-bond acceptors (Lipinski definition) is 3. The lowest BCUT2D eigenvalue weighted by Gasteiger charge is -2.18. The summed E-state index contributed by atoms with van der Waals surface area (Å²) in [6, 6.07) is 5.23. The molecule has 0 fully saturated rings. The molecule has 0 aromatic heterocycles. The van der Waals surface area contributed by atoms with Crippen molar-refractivity contribution in [3.05, 3.63) is 29.3 Å². The van der Waals surface area contributed by atoms with Gasteiger partial charge in [0, 0.05) is 13.1 Å². The Labute approximate surface area is 121 Å². The number of ether oxygens (including phenoxy) is 1. The zero-order chi connectivity index (χ0) is 15.3. The standard InChI is InChI=1S/C13H17F3N2OS/c1-18(6-5-13(14,15)16)8-9-3-4-10(12(17)20)11(7-9)19-2/h3-4,7H,5-6,8H2,1-2H3,(H2,17,20). The number of alkyl halides is 3. The summed E-state index contributed by atoms with van der Waals surface area (Å²) >= 11 is 4.89. The Morgan fingerprint density at radius 1 is 1.40 bits per heavy atom. The molecule has 0 aliphatic heterocycles. The molecule has 0 aliphatic rings. The van der Waals surface area contributed by atoms with E-state index in [0.717, 1.165) is 5.56 Å². The highest BCUT2D eigenvalue weighted by Gasteiger charge is 2.27. The summed E-state index contributed by atoms with van der Waals surface area (Å²) in [4.78, 5) is 1.82. The second-order valence-electron chi connectivity index (χ2n) is 4.50. The highest BCUT2D eigenvalue weighted by atomic mass is 32.1. The van der Waals surface area contributed by atoms with Gasteiger partial charge in [-0.05, 0) is 24.7 Å². The number of benzene rings is 1. The predicted molar refractivity (Wildman–Crippen MR) is 75.9 cm³/mol. The van der Waals surface area contributed by atoms with E-state index in [1.54, 1.807) is 30.1 Å². The minimum atomic E-state index is -4.14. The SMILES string of the molecule is COc1cc(CN(C)CCC(F)(F)F)ccc1C(N)=S. The van der Waals surface area contributed by atoms with E-state index in [4.69, 9.17) is 22.7 Å². The van der Waals surface area contributed by atoms with Gasteiger partial charge < -0.3 is 15.4 Å². The van der Waals surface area contributed by atoms with Crippen LogP contribution < -0.4 is 10.5 Å². The van der Waals surface area contributed by atoms with Crippen LogP contribution in [0.4, 0.5) is 13.2 Å². The zero-order valence-corrected chi connectivity index (χ0v) is 12.1. The second kappa shape index (κ2) is 6.90. The Morgan fingerprint density at radius 3 is 2.55 bits per heavy atom. The highest BCUT2D eigenvalue weighted by molar-refractivity contribution is 7.80. The molecular weight excluding hydrogens is 289 g/mol. The van der Waals surface area contributed by atoms with Gasteiger partial charge in [-0.1, -0.05) is 18.3 Å². The molecule has 2 N–H and O–H groups in total. The molecule has 0 atom stereocenters. The lowest BCUT2D eigenvalue weighted by molar-refractivity contribution is -0.137. The van der Waals surface area contributed by atoms with Crippen LogP contribution >= 0.6 is 12.2 Å². The van der Waals surface area contributed by atoms with Crippen LogP contribution in [0.1, 0.15) is 17.5 Å². The van der Waals surface area contributed by atoms with E-state index < -0.39 is 12.6 Å². The van der Waals surface area contributed by atoms with Crippen LogP contribution in [0, 0.1) is 0 Å². The molecule has 0 saturated carbocycles. The Morgan fingerprint density at radius 2 is 2.05 bits per heavy atom. The normalized spacial score (nSPS) is 11.7.